The van der Waals surface area contributed by atoms with Crippen molar-refractivity contribution in [2.45, 2.75) is 30.5 Å². The molecule has 3 rings (SSSR count). The topological polar surface area (TPSA) is 55.1 Å². The molecule has 1 saturated carbocycles. The van der Waals surface area contributed by atoms with E-state index in [1.165, 1.54) is 7.11 Å². The van der Waals surface area contributed by atoms with Crippen LogP contribution in [0.4, 0.5) is 13.2 Å². The summed E-state index contributed by atoms with van der Waals surface area (Å²) in [6.07, 6.45) is -3.57. The fourth-order valence-corrected chi connectivity index (χ4v) is 3.42. The van der Waals surface area contributed by atoms with Gasteiger partial charge in [0.25, 0.3) is 0 Å². The molecule has 1 fully saturated rings. The van der Waals surface area contributed by atoms with Crippen LogP contribution in [0, 0.1) is 11.3 Å². The zero-order valence-electron chi connectivity index (χ0n) is 13.7. The monoisotopic (exact) mass is 382 g/mol. The van der Waals surface area contributed by atoms with E-state index in [0.29, 0.717) is 11.3 Å². The molecule has 0 bridgehead atoms. The van der Waals surface area contributed by atoms with E-state index in [1.54, 1.807) is 24.3 Å². The van der Waals surface area contributed by atoms with Gasteiger partial charge >= 0.3 is 6.18 Å². The minimum Gasteiger partial charge on any atom is -0.496 e. The molecule has 0 amide bonds. The molecule has 1 aliphatic carbocycles. The lowest BCUT2D eigenvalue weighted by Crippen LogP contribution is -2.46. The van der Waals surface area contributed by atoms with Crippen molar-refractivity contribution in [1.29, 1.82) is 5.26 Å². The number of nitriles is 1. The van der Waals surface area contributed by atoms with Crippen molar-refractivity contribution in [2.24, 2.45) is 0 Å². The van der Waals surface area contributed by atoms with Crippen LogP contribution in [0.25, 0.3) is 0 Å². The van der Waals surface area contributed by atoms with Crippen molar-refractivity contribution in [2.75, 3.05) is 7.11 Å². The molecule has 1 heterocycles. The summed E-state index contributed by atoms with van der Waals surface area (Å²) in [5.41, 5.74) is -1.26. The summed E-state index contributed by atoms with van der Waals surface area (Å²) in [6.45, 7) is 0. The number of pyridine rings is 1. The van der Waals surface area contributed by atoms with Gasteiger partial charge in [-0.15, -0.1) is 0 Å². The highest BCUT2D eigenvalue weighted by Crippen LogP contribution is 2.49. The smallest absolute Gasteiger partial charge is 0.422 e. The third-order valence-corrected chi connectivity index (χ3v) is 4.72. The van der Waals surface area contributed by atoms with Crippen molar-refractivity contribution in [3.63, 3.8) is 0 Å². The van der Waals surface area contributed by atoms with Gasteiger partial charge in [-0.25, -0.2) is 4.98 Å². The molecule has 8 heteroatoms. The molecule has 1 aromatic carbocycles. The number of nitrogens with zero attached hydrogens (tertiary/aromatic N) is 2. The van der Waals surface area contributed by atoms with Gasteiger partial charge in [-0.2, -0.15) is 18.4 Å². The lowest BCUT2D eigenvalue weighted by Gasteiger charge is -2.43. The maximum absolute atomic E-state index is 13.2. The van der Waals surface area contributed by atoms with Gasteiger partial charge in [0, 0.05) is 24.6 Å². The summed E-state index contributed by atoms with van der Waals surface area (Å²) in [6, 6.07) is 10.5. The molecular weight excluding hydrogens is 369 g/mol. The maximum Gasteiger partial charge on any atom is 0.422 e. The lowest BCUT2D eigenvalue weighted by atomic mass is 9.63. The van der Waals surface area contributed by atoms with Crippen LogP contribution in [0.3, 0.4) is 0 Å². The SMILES string of the molecule is COc1ccccc1C1(C#N)CC(Oc2ccnc(Cl)c2C(F)(F)F)C1. The number of halogens is 4. The summed E-state index contributed by atoms with van der Waals surface area (Å²) in [5, 5.41) is 8.99. The summed E-state index contributed by atoms with van der Waals surface area (Å²) >= 11 is 5.60. The van der Waals surface area contributed by atoms with Gasteiger partial charge in [0.2, 0.25) is 0 Å². The highest BCUT2D eigenvalue weighted by Gasteiger charge is 2.50. The third-order valence-electron chi connectivity index (χ3n) is 4.43. The number of methoxy groups -OCH3 is 1. The molecule has 0 atom stereocenters. The van der Waals surface area contributed by atoms with Gasteiger partial charge in [-0.3, -0.25) is 0 Å². The Labute approximate surface area is 153 Å². The molecule has 1 aliphatic rings. The van der Waals surface area contributed by atoms with E-state index in [4.69, 9.17) is 21.1 Å². The Hall–Kier alpha value is -2.46. The van der Waals surface area contributed by atoms with E-state index in [9.17, 15) is 18.4 Å². The molecule has 1 aromatic heterocycles. The molecule has 0 aliphatic heterocycles. The van der Waals surface area contributed by atoms with Gasteiger partial charge in [-0.05, 0) is 12.1 Å². The van der Waals surface area contributed by atoms with E-state index in [0.717, 1.165) is 12.3 Å². The Kier molecular flexibility index (Phi) is 4.72. The number of alkyl halides is 3. The van der Waals surface area contributed by atoms with Gasteiger partial charge < -0.3 is 9.47 Å². The minimum atomic E-state index is -4.68. The van der Waals surface area contributed by atoms with Crippen LogP contribution >= 0.6 is 11.6 Å². The van der Waals surface area contributed by atoms with Crippen LogP contribution in [-0.4, -0.2) is 18.2 Å². The first-order valence-corrected chi connectivity index (χ1v) is 8.11. The summed E-state index contributed by atoms with van der Waals surface area (Å²) in [7, 11) is 1.51. The second kappa shape index (κ2) is 6.69. The highest BCUT2D eigenvalue weighted by molar-refractivity contribution is 6.30. The average Bonchev–Trinajstić information content (AvgIpc) is 2.56. The Balaban J connectivity index is 1.83. The summed E-state index contributed by atoms with van der Waals surface area (Å²) < 4.78 is 50.4. The number of hydrogen-bond acceptors (Lipinski definition) is 4. The van der Waals surface area contributed by atoms with E-state index < -0.39 is 28.4 Å². The molecule has 0 saturated heterocycles. The standard InChI is InChI=1S/C18H14ClF3N2O2/c1-25-13-5-3-2-4-12(13)17(10-23)8-11(9-17)26-14-6-7-24-16(19)15(14)18(20,21)22/h2-7,11H,8-9H2,1H3. The molecule has 2 aromatic rings. The predicted molar refractivity (Wildman–Crippen MR) is 88.2 cm³/mol. The first-order chi connectivity index (χ1) is 12.3. The second-order valence-corrected chi connectivity index (χ2v) is 6.37. The molecule has 4 nitrogen and oxygen atoms in total. The van der Waals surface area contributed by atoms with Crippen molar-refractivity contribution in [1.82, 2.24) is 4.98 Å². The minimum absolute atomic E-state index is 0.251. The van der Waals surface area contributed by atoms with Gasteiger partial charge in [0.15, 0.2) is 0 Å². The Bertz CT molecular complexity index is 858. The van der Waals surface area contributed by atoms with Gasteiger partial charge in [0.1, 0.15) is 28.3 Å². The Morgan fingerprint density at radius 3 is 2.54 bits per heavy atom. The molecule has 26 heavy (non-hydrogen) atoms. The largest absolute Gasteiger partial charge is 0.496 e. The summed E-state index contributed by atoms with van der Waals surface area (Å²) in [5.74, 6) is 0.185. The van der Waals surface area contributed by atoms with Crippen molar-refractivity contribution in [3.05, 3.63) is 52.8 Å². The number of hydrogen-bond donors (Lipinski definition) is 0. The molecule has 0 radical (unpaired) electrons. The van der Waals surface area contributed by atoms with Crippen LogP contribution in [-0.2, 0) is 11.6 Å². The number of para-hydroxylation sites is 1. The lowest BCUT2D eigenvalue weighted by molar-refractivity contribution is -0.139. The van der Waals surface area contributed by atoms with Crippen LogP contribution in [0.2, 0.25) is 5.15 Å². The van der Waals surface area contributed by atoms with Crippen LogP contribution in [0.1, 0.15) is 24.0 Å². The second-order valence-electron chi connectivity index (χ2n) is 6.01. The van der Waals surface area contributed by atoms with E-state index in [-0.39, 0.29) is 18.6 Å². The van der Waals surface area contributed by atoms with Crippen molar-refractivity contribution >= 4 is 11.6 Å². The number of benzene rings is 1. The average molecular weight is 383 g/mol. The number of rotatable bonds is 4. The Morgan fingerprint density at radius 2 is 1.92 bits per heavy atom. The molecular formula is C18H14ClF3N2O2. The normalized spacial score (nSPS) is 22.2. The maximum atomic E-state index is 13.2. The van der Waals surface area contributed by atoms with E-state index in [2.05, 4.69) is 11.1 Å². The predicted octanol–water partition coefficient (Wildman–Crippen LogP) is 4.77. The third kappa shape index (κ3) is 3.17. The quantitative estimate of drug-likeness (QED) is 0.715. The number of ether oxygens (including phenoxy) is 2. The fourth-order valence-electron chi connectivity index (χ4n) is 3.17. The van der Waals surface area contributed by atoms with Crippen molar-refractivity contribution < 1.29 is 22.6 Å². The van der Waals surface area contributed by atoms with Crippen molar-refractivity contribution in [3.8, 4) is 17.6 Å². The number of aromatic nitrogens is 1. The summed E-state index contributed by atoms with van der Waals surface area (Å²) in [4.78, 5) is 3.47. The molecule has 0 spiro atoms. The Morgan fingerprint density at radius 1 is 1.23 bits per heavy atom. The molecule has 0 N–H and O–H groups in total. The van der Waals surface area contributed by atoms with E-state index in [1.807, 2.05) is 0 Å². The fraction of sp³-hybridized carbons (Fsp3) is 0.333. The van der Waals surface area contributed by atoms with Crippen LogP contribution in [0.15, 0.2) is 36.5 Å². The molecule has 0 unspecified atom stereocenters. The molecule has 136 valence electrons. The van der Waals surface area contributed by atoms with Crippen LogP contribution < -0.4 is 9.47 Å². The zero-order chi connectivity index (χ0) is 18.9. The van der Waals surface area contributed by atoms with E-state index >= 15 is 0 Å². The van der Waals surface area contributed by atoms with Gasteiger partial charge in [0.05, 0.1) is 18.6 Å². The van der Waals surface area contributed by atoms with Crippen LogP contribution in [0.5, 0.6) is 11.5 Å². The first kappa shape index (κ1) is 18.3. The zero-order valence-corrected chi connectivity index (χ0v) is 14.4. The highest BCUT2D eigenvalue weighted by atomic mass is 35.5. The van der Waals surface area contributed by atoms with Gasteiger partial charge in [-0.1, -0.05) is 29.8 Å². The first-order valence-electron chi connectivity index (χ1n) is 7.74.